The third-order valence-electron chi connectivity index (χ3n) is 7.17. The number of unbranched alkanes of at least 4 members (excludes halogenated alkanes) is 1. The van der Waals surface area contributed by atoms with Crippen LogP contribution in [0.5, 0.6) is 0 Å². The molecule has 4 rings (SSSR count). The fraction of sp³-hybridized carbons (Fsp3) is 0.464. The van der Waals surface area contributed by atoms with Crippen LogP contribution in [-0.4, -0.2) is 41.8 Å². The van der Waals surface area contributed by atoms with E-state index in [2.05, 4.69) is 34.9 Å². The van der Waals surface area contributed by atoms with Crippen LogP contribution in [0.1, 0.15) is 68.9 Å². The number of ether oxygens (including phenoxy) is 1. The Bertz CT molecular complexity index is 1020. The van der Waals surface area contributed by atoms with Crippen molar-refractivity contribution < 1.29 is 24.2 Å². The van der Waals surface area contributed by atoms with Crippen molar-refractivity contribution in [2.45, 2.75) is 69.9 Å². The van der Waals surface area contributed by atoms with Crippen LogP contribution in [0.3, 0.4) is 0 Å². The van der Waals surface area contributed by atoms with Crippen molar-refractivity contribution >= 4 is 18.0 Å². The first-order chi connectivity index (χ1) is 17.0. The molecule has 0 heterocycles. The Hall–Kier alpha value is -3.35. The Kier molecular flexibility index (Phi) is 8.06. The molecule has 0 aromatic heterocycles. The minimum absolute atomic E-state index is 0.00546. The normalized spacial score (nSPS) is 19.8. The lowest BCUT2D eigenvalue weighted by Gasteiger charge is -2.29. The SMILES string of the molecule is CCCC[C@H](NC(=O)C1CCCC(NC(=O)OCC2c3ccccc3-c3ccccc32)C1)C(=O)O. The summed E-state index contributed by atoms with van der Waals surface area (Å²) in [5, 5.41) is 15.0. The molecular weight excluding hydrogens is 444 g/mol. The first kappa shape index (κ1) is 24.8. The minimum Gasteiger partial charge on any atom is -0.480 e. The molecule has 0 spiro atoms. The first-order valence-electron chi connectivity index (χ1n) is 12.6. The van der Waals surface area contributed by atoms with Crippen LogP contribution < -0.4 is 10.6 Å². The van der Waals surface area contributed by atoms with Gasteiger partial charge < -0.3 is 20.5 Å². The molecule has 0 saturated heterocycles. The molecule has 35 heavy (non-hydrogen) atoms. The Balaban J connectivity index is 1.30. The average molecular weight is 479 g/mol. The van der Waals surface area contributed by atoms with Crippen molar-refractivity contribution in [1.82, 2.24) is 10.6 Å². The molecule has 2 aromatic rings. The number of carbonyl (C=O) groups is 3. The van der Waals surface area contributed by atoms with Crippen LogP contribution in [-0.2, 0) is 14.3 Å². The van der Waals surface area contributed by atoms with E-state index in [1.807, 2.05) is 31.2 Å². The highest BCUT2D eigenvalue weighted by molar-refractivity contribution is 5.85. The molecular formula is C28H34N2O5. The molecule has 7 nitrogen and oxygen atoms in total. The number of alkyl carbamates (subject to hydrolysis) is 1. The van der Waals surface area contributed by atoms with E-state index in [0.29, 0.717) is 19.3 Å². The monoisotopic (exact) mass is 478 g/mol. The van der Waals surface area contributed by atoms with Gasteiger partial charge in [0.25, 0.3) is 0 Å². The zero-order valence-electron chi connectivity index (χ0n) is 20.2. The second-order valence-electron chi connectivity index (χ2n) is 9.57. The molecule has 2 aliphatic rings. The van der Waals surface area contributed by atoms with E-state index in [1.165, 1.54) is 11.1 Å². The summed E-state index contributed by atoms with van der Waals surface area (Å²) >= 11 is 0. The fourth-order valence-electron chi connectivity index (χ4n) is 5.32. The number of fused-ring (bicyclic) bond motifs is 3. The summed E-state index contributed by atoms with van der Waals surface area (Å²) in [7, 11) is 0. The summed E-state index contributed by atoms with van der Waals surface area (Å²) < 4.78 is 5.65. The highest BCUT2D eigenvalue weighted by atomic mass is 16.5. The van der Waals surface area contributed by atoms with Crippen molar-refractivity contribution in [2.24, 2.45) is 5.92 Å². The molecule has 0 aliphatic heterocycles. The van der Waals surface area contributed by atoms with E-state index in [-0.39, 0.29) is 30.4 Å². The number of hydrogen-bond donors (Lipinski definition) is 3. The largest absolute Gasteiger partial charge is 0.480 e. The zero-order valence-corrected chi connectivity index (χ0v) is 20.2. The summed E-state index contributed by atoms with van der Waals surface area (Å²) in [6.07, 6.45) is 4.29. The van der Waals surface area contributed by atoms with Crippen LogP contribution in [0, 0.1) is 5.92 Å². The van der Waals surface area contributed by atoms with Crippen LogP contribution in [0.15, 0.2) is 48.5 Å². The predicted molar refractivity (Wildman–Crippen MR) is 133 cm³/mol. The van der Waals surface area contributed by atoms with Gasteiger partial charge in [0.05, 0.1) is 0 Å². The molecule has 186 valence electrons. The quantitative estimate of drug-likeness (QED) is 0.478. The van der Waals surface area contributed by atoms with Crippen LogP contribution in [0.4, 0.5) is 4.79 Å². The maximum Gasteiger partial charge on any atom is 0.407 e. The first-order valence-corrected chi connectivity index (χ1v) is 12.6. The second-order valence-corrected chi connectivity index (χ2v) is 9.57. The zero-order chi connectivity index (χ0) is 24.8. The van der Waals surface area contributed by atoms with Gasteiger partial charge in [0, 0.05) is 17.9 Å². The average Bonchev–Trinajstić information content (AvgIpc) is 3.19. The summed E-state index contributed by atoms with van der Waals surface area (Å²) in [6.45, 7) is 2.23. The summed E-state index contributed by atoms with van der Waals surface area (Å²) in [4.78, 5) is 36.8. The third-order valence-corrected chi connectivity index (χ3v) is 7.17. The standard InChI is InChI=1S/C28H34N2O5/c1-2-3-15-25(27(32)33)30-26(31)18-9-8-10-19(16-18)29-28(34)35-17-24-22-13-6-4-11-20(22)21-12-5-7-14-23(21)24/h4-7,11-14,18-19,24-25H,2-3,8-10,15-17H2,1H3,(H,29,34)(H,30,31)(H,32,33)/t18?,19?,25-/m0/s1. The van der Waals surface area contributed by atoms with Gasteiger partial charge >= 0.3 is 12.1 Å². The van der Waals surface area contributed by atoms with Crippen molar-refractivity contribution in [3.63, 3.8) is 0 Å². The highest BCUT2D eigenvalue weighted by Crippen LogP contribution is 2.44. The number of rotatable bonds is 9. The molecule has 0 radical (unpaired) electrons. The number of hydrogen-bond acceptors (Lipinski definition) is 4. The lowest BCUT2D eigenvalue weighted by molar-refractivity contribution is -0.143. The summed E-state index contributed by atoms with van der Waals surface area (Å²) in [6, 6.07) is 15.4. The topological polar surface area (TPSA) is 105 Å². The van der Waals surface area contributed by atoms with Gasteiger partial charge in [0.2, 0.25) is 5.91 Å². The lowest BCUT2D eigenvalue weighted by atomic mass is 9.85. The molecule has 2 aliphatic carbocycles. The summed E-state index contributed by atoms with van der Waals surface area (Å²) in [5.41, 5.74) is 4.67. The van der Waals surface area contributed by atoms with Crippen LogP contribution >= 0.6 is 0 Å². The molecule has 2 aromatic carbocycles. The molecule has 0 bridgehead atoms. The van der Waals surface area contributed by atoms with Crippen molar-refractivity contribution in [3.05, 3.63) is 59.7 Å². The second kappa shape index (κ2) is 11.4. The van der Waals surface area contributed by atoms with E-state index in [1.54, 1.807) is 0 Å². The molecule has 1 fully saturated rings. The van der Waals surface area contributed by atoms with Gasteiger partial charge in [-0.15, -0.1) is 0 Å². The molecule has 3 N–H and O–H groups in total. The van der Waals surface area contributed by atoms with Gasteiger partial charge in [-0.1, -0.05) is 74.7 Å². The van der Waals surface area contributed by atoms with Crippen molar-refractivity contribution in [1.29, 1.82) is 0 Å². The summed E-state index contributed by atoms with van der Waals surface area (Å²) in [5.74, 6) is -1.57. The highest BCUT2D eigenvalue weighted by Gasteiger charge is 2.32. The molecule has 2 unspecified atom stereocenters. The molecule has 7 heteroatoms. The Labute approximate surface area is 206 Å². The Morgan fingerprint density at radius 1 is 1.03 bits per heavy atom. The number of aliphatic carboxylic acids is 1. The van der Waals surface area contributed by atoms with E-state index < -0.39 is 18.1 Å². The van der Waals surface area contributed by atoms with Gasteiger partial charge in [-0.25, -0.2) is 9.59 Å². The van der Waals surface area contributed by atoms with Crippen molar-refractivity contribution in [2.75, 3.05) is 6.61 Å². The van der Waals surface area contributed by atoms with E-state index >= 15 is 0 Å². The predicted octanol–water partition coefficient (Wildman–Crippen LogP) is 4.84. The Morgan fingerprint density at radius 2 is 1.69 bits per heavy atom. The Morgan fingerprint density at radius 3 is 2.31 bits per heavy atom. The van der Waals surface area contributed by atoms with Crippen LogP contribution in [0.2, 0.25) is 0 Å². The number of carbonyl (C=O) groups excluding carboxylic acids is 2. The van der Waals surface area contributed by atoms with Gasteiger partial charge in [0.15, 0.2) is 0 Å². The fourth-order valence-corrected chi connectivity index (χ4v) is 5.32. The molecule has 1 saturated carbocycles. The molecule has 2 amide bonds. The van der Waals surface area contributed by atoms with E-state index in [0.717, 1.165) is 36.8 Å². The molecule has 3 atom stereocenters. The van der Waals surface area contributed by atoms with E-state index in [9.17, 15) is 19.5 Å². The minimum atomic E-state index is -1.00. The van der Waals surface area contributed by atoms with Gasteiger partial charge in [-0.2, -0.15) is 0 Å². The van der Waals surface area contributed by atoms with Crippen LogP contribution in [0.25, 0.3) is 11.1 Å². The number of carboxylic acid groups (broad SMARTS) is 1. The maximum atomic E-state index is 12.7. The van der Waals surface area contributed by atoms with Gasteiger partial charge in [-0.05, 0) is 47.9 Å². The number of benzene rings is 2. The maximum absolute atomic E-state index is 12.7. The third kappa shape index (κ3) is 5.84. The number of amides is 2. The van der Waals surface area contributed by atoms with Crippen molar-refractivity contribution in [3.8, 4) is 11.1 Å². The van der Waals surface area contributed by atoms with Gasteiger partial charge in [-0.3, -0.25) is 4.79 Å². The van der Waals surface area contributed by atoms with Gasteiger partial charge in [0.1, 0.15) is 12.6 Å². The number of nitrogens with one attached hydrogen (secondary N) is 2. The lowest BCUT2D eigenvalue weighted by Crippen LogP contribution is -2.47. The smallest absolute Gasteiger partial charge is 0.407 e. The number of carboxylic acids is 1. The van der Waals surface area contributed by atoms with E-state index in [4.69, 9.17) is 4.74 Å².